The highest BCUT2D eigenvalue weighted by atomic mass is 32.1. The molecule has 3 aromatic carbocycles. The van der Waals surface area contributed by atoms with E-state index in [0.29, 0.717) is 50.7 Å². The quantitative estimate of drug-likeness (QED) is 0.305. The number of cyclic esters (lactones) is 1. The van der Waals surface area contributed by atoms with E-state index in [-0.39, 0.29) is 23.3 Å². The molecule has 1 aromatic heterocycles. The van der Waals surface area contributed by atoms with Gasteiger partial charge in [-0.3, -0.25) is 0 Å². The zero-order valence-corrected chi connectivity index (χ0v) is 22.8. The minimum Gasteiger partial charge on any atom is -0.497 e. The molecule has 10 nitrogen and oxygen atoms in total. The molecule has 1 N–H and O–H groups in total. The van der Waals surface area contributed by atoms with Gasteiger partial charge in [0.25, 0.3) is 5.79 Å². The third kappa shape index (κ3) is 4.49. The Labute approximate surface area is 228 Å². The number of hydrogen-bond donors (Lipinski definition) is 1. The molecule has 1 atom stereocenters. The largest absolute Gasteiger partial charge is 0.497 e. The molecule has 5 rings (SSSR count). The highest BCUT2D eigenvalue weighted by molar-refractivity contribution is 7.00. The summed E-state index contributed by atoms with van der Waals surface area (Å²) in [5, 5.41) is 12.2. The second-order valence-electron chi connectivity index (χ2n) is 8.63. The summed E-state index contributed by atoms with van der Waals surface area (Å²) in [5.41, 5.74) is 3.29. The van der Waals surface area contributed by atoms with Gasteiger partial charge >= 0.3 is 5.97 Å². The molecule has 11 heteroatoms. The van der Waals surface area contributed by atoms with E-state index in [1.807, 2.05) is 0 Å². The van der Waals surface area contributed by atoms with E-state index in [1.54, 1.807) is 48.5 Å². The number of aliphatic hydroxyl groups is 1. The molecule has 0 saturated carbocycles. The van der Waals surface area contributed by atoms with Crippen LogP contribution in [0.15, 0.2) is 54.1 Å². The Morgan fingerprint density at radius 1 is 0.821 bits per heavy atom. The lowest BCUT2D eigenvalue weighted by Gasteiger charge is -2.27. The third-order valence-electron chi connectivity index (χ3n) is 6.58. The number of esters is 1. The molecule has 4 aromatic rings. The Morgan fingerprint density at radius 3 is 2.15 bits per heavy atom. The number of rotatable bonds is 9. The van der Waals surface area contributed by atoms with Crippen LogP contribution in [-0.4, -0.2) is 55.4 Å². The van der Waals surface area contributed by atoms with Gasteiger partial charge in [0.15, 0.2) is 11.5 Å². The van der Waals surface area contributed by atoms with E-state index in [0.717, 1.165) is 11.7 Å². The van der Waals surface area contributed by atoms with Crippen LogP contribution in [0.3, 0.4) is 0 Å². The molecule has 0 bridgehead atoms. The Balaban J connectivity index is 1.74. The zero-order valence-electron chi connectivity index (χ0n) is 21.9. The van der Waals surface area contributed by atoms with Crippen LogP contribution in [0.4, 0.5) is 0 Å². The van der Waals surface area contributed by atoms with E-state index >= 15 is 0 Å². The molecule has 0 saturated heterocycles. The summed E-state index contributed by atoms with van der Waals surface area (Å²) in [6.45, 7) is 0. The minimum absolute atomic E-state index is 0.0941. The first-order valence-corrected chi connectivity index (χ1v) is 12.5. The van der Waals surface area contributed by atoms with E-state index < -0.39 is 11.8 Å². The van der Waals surface area contributed by atoms with E-state index in [1.165, 1.54) is 35.5 Å². The topological polar surface area (TPSA) is 118 Å². The first-order valence-electron chi connectivity index (χ1n) is 11.8. The van der Waals surface area contributed by atoms with Gasteiger partial charge in [-0.05, 0) is 47.5 Å². The van der Waals surface area contributed by atoms with Gasteiger partial charge < -0.3 is 33.5 Å². The van der Waals surface area contributed by atoms with Crippen molar-refractivity contribution in [2.24, 2.45) is 0 Å². The van der Waals surface area contributed by atoms with Gasteiger partial charge in [0.1, 0.15) is 22.5 Å². The molecule has 0 amide bonds. The minimum atomic E-state index is -2.15. The van der Waals surface area contributed by atoms with Crippen molar-refractivity contribution < 1.29 is 38.3 Å². The van der Waals surface area contributed by atoms with Crippen LogP contribution in [0.1, 0.15) is 16.7 Å². The summed E-state index contributed by atoms with van der Waals surface area (Å²) in [5.74, 6) is -0.766. The lowest BCUT2D eigenvalue weighted by atomic mass is 9.87. The van der Waals surface area contributed by atoms with Crippen LogP contribution >= 0.6 is 11.7 Å². The predicted octanol–water partition coefficient (Wildman–Crippen LogP) is 4.13. The molecule has 39 heavy (non-hydrogen) atoms. The summed E-state index contributed by atoms with van der Waals surface area (Å²) in [6.07, 6.45) is 0.0941. The van der Waals surface area contributed by atoms with Crippen molar-refractivity contribution in [1.29, 1.82) is 0 Å². The van der Waals surface area contributed by atoms with Crippen LogP contribution in [-0.2, 0) is 21.7 Å². The summed E-state index contributed by atoms with van der Waals surface area (Å²) >= 11 is 1.08. The fraction of sp³-hybridized carbons (Fsp3) is 0.250. The smallest absolute Gasteiger partial charge is 0.342 e. The Morgan fingerprint density at radius 2 is 1.51 bits per heavy atom. The van der Waals surface area contributed by atoms with Crippen LogP contribution in [0, 0.1) is 0 Å². The molecular weight excluding hydrogens is 524 g/mol. The SMILES string of the molecule is COc1ccc(C2(O)OC(=O)C(c3ccc4nsnc4c3)=C2Cc2cc(OC)c(OC)c(OC)c2)c(OC)c1. The molecule has 202 valence electrons. The van der Waals surface area contributed by atoms with Crippen LogP contribution in [0.2, 0.25) is 0 Å². The number of aromatic nitrogens is 2. The van der Waals surface area contributed by atoms with E-state index in [9.17, 15) is 9.90 Å². The maximum atomic E-state index is 13.5. The van der Waals surface area contributed by atoms with Crippen molar-refractivity contribution in [2.75, 3.05) is 35.5 Å². The van der Waals surface area contributed by atoms with Crippen molar-refractivity contribution in [1.82, 2.24) is 8.75 Å². The Kier molecular flexibility index (Phi) is 7.02. The fourth-order valence-electron chi connectivity index (χ4n) is 4.71. The monoisotopic (exact) mass is 550 g/mol. The average Bonchev–Trinajstić information content (AvgIpc) is 3.53. The first kappa shape index (κ1) is 26.3. The molecule has 0 aliphatic carbocycles. The number of carbonyl (C=O) groups is 1. The van der Waals surface area contributed by atoms with E-state index in [2.05, 4.69) is 8.75 Å². The van der Waals surface area contributed by atoms with Gasteiger partial charge in [-0.25, -0.2) is 4.79 Å². The second-order valence-corrected chi connectivity index (χ2v) is 9.16. The number of nitrogens with zero attached hydrogens (tertiary/aromatic N) is 2. The number of hydrogen-bond acceptors (Lipinski definition) is 11. The van der Waals surface area contributed by atoms with Crippen LogP contribution in [0.25, 0.3) is 16.6 Å². The summed E-state index contributed by atoms with van der Waals surface area (Å²) in [4.78, 5) is 13.5. The normalized spacial score (nSPS) is 16.8. The van der Waals surface area contributed by atoms with Gasteiger partial charge in [0, 0.05) is 18.1 Å². The third-order valence-corrected chi connectivity index (χ3v) is 7.13. The Hall–Kier alpha value is -4.35. The molecule has 1 aliphatic rings. The highest BCUT2D eigenvalue weighted by Crippen LogP contribution is 2.49. The summed E-state index contributed by atoms with van der Waals surface area (Å²) in [7, 11) is 7.54. The second kappa shape index (κ2) is 10.4. The van der Waals surface area contributed by atoms with Crippen LogP contribution < -0.4 is 23.7 Å². The van der Waals surface area contributed by atoms with E-state index in [4.69, 9.17) is 28.4 Å². The first-order chi connectivity index (χ1) is 18.9. The van der Waals surface area contributed by atoms with Gasteiger partial charge in [0.05, 0.1) is 58.4 Å². The van der Waals surface area contributed by atoms with Crippen molar-refractivity contribution in [3.05, 3.63) is 70.8 Å². The molecular formula is C28H26N2O8S. The number of methoxy groups -OCH3 is 5. The van der Waals surface area contributed by atoms with Gasteiger partial charge in [-0.15, -0.1) is 0 Å². The van der Waals surface area contributed by atoms with Crippen molar-refractivity contribution in [3.63, 3.8) is 0 Å². The van der Waals surface area contributed by atoms with Crippen molar-refractivity contribution >= 4 is 34.3 Å². The average molecular weight is 551 g/mol. The lowest BCUT2D eigenvalue weighted by molar-refractivity contribution is -0.185. The molecule has 0 spiro atoms. The van der Waals surface area contributed by atoms with Crippen molar-refractivity contribution in [3.8, 4) is 28.7 Å². The molecule has 0 radical (unpaired) electrons. The number of carbonyl (C=O) groups excluding carboxylic acids is 1. The van der Waals surface area contributed by atoms with Crippen LogP contribution in [0.5, 0.6) is 28.7 Å². The van der Waals surface area contributed by atoms with Gasteiger partial charge in [0.2, 0.25) is 5.75 Å². The fourth-order valence-corrected chi connectivity index (χ4v) is 5.23. The molecule has 1 unspecified atom stereocenters. The Bertz CT molecular complexity index is 1570. The zero-order chi connectivity index (χ0) is 27.7. The molecule has 1 aliphatic heterocycles. The summed E-state index contributed by atoms with van der Waals surface area (Å²) < 4.78 is 41.7. The summed E-state index contributed by atoms with van der Waals surface area (Å²) in [6, 6.07) is 13.7. The molecule has 0 fully saturated rings. The lowest BCUT2D eigenvalue weighted by Crippen LogP contribution is -2.30. The maximum Gasteiger partial charge on any atom is 0.342 e. The van der Waals surface area contributed by atoms with Gasteiger partial charge in [-0.2, -0.15) is 8.75 Å². The molecule has 2 heterocycles. The maximum absolute atomic E-state index is 13.5. The van der Waals surface area contributed by atoms with Gasteiger partial charge in [-0.1, -0.05) is 6.07 Å². The highest BCUT2D eigenvalue weighted by Gasteiger charge is 2.50. The standard InChI is InChI=1S/C28H26N2O8S/c1-33-17-7-8-18(22(14-17)34-2)28(32)19(10-15-11-23(35-3)26(37-5)24(12-15)36-4)25(27(31)38-28)16-6-9-20-21(13-16)30-39-29-20/h6-9,11-14,32H,10H2,1-5H3. The number of benzene rings is 3. The predicted molar refractivity (Wildman–Crippen MR) is 144 cm³/mol. The van der Waals surface area contributed by atoms with Crippen molar-refractivity contribution in [2.45, 2.75) is 12.2 Å². The number of ether oxygens (including phenoxy) is 6. The number of fused-ring (bicyclic) bond motifs is 1.